The Morgan fingerprint density at radius 3 is 2.14 bits per heavy atom. The maximum Gasteiger partial charge on any atom is 0.265 e. The number of rotatable bonds is 5. The van der Waals surface area contributed by atoms with Crippen LogP contribution in [0.1, 0.15) is 32.3 Å². The number of hydrogen-bond acceptors (Lipinski definition) is 2. The zero-order valence-corrected chi connectivity index (χ0v) is 13.0. The molecule has 1 amide bonds. The zero-order chi connectivity index (χ0) is 16.1. The number of benzene rings is 2. The number of hydrogen-bond donors (Lipinski definition) is 1. The molecule has 116 valence electrons. The first-order valence-electron chi connectivity index (χ1n) is 7.29. The number of nitrogens with one attached hydrogen (secondary N) is 1. The number of carbonyl (C=O) groups is 1. The normalized spacial score (nSPS) is 12.0. The predicted octanol–water partition coefficient (Wildman–Crippen LogP) is 4.36. The maximum absolute atomic E-state index is 12.8. The third kappa shape index (κ3) is 4.32. The lowest BCUT2D eigenvalue weighted by Gasteiger charge is -2.15. The van der Waals surface area contributed by atoms with E-state index in [1.165, 1.54) is 29.8 Å². The van der Waals surface area contributed by atoms with Crippen molar-refractivity contribution in [2.75, 3.05) is 5.32 Å². The van der Waals surface area contributed by atoms with E-state index in [1.807, 2.05) is 24.3 Å². The summed E-state index contributed by atoms with van der Waals surface area (Å²) in [5.41, 5.74) is 1.94. The van der Waals surface area contributed by atoms with E-state index in [0.29, 0.717) is 11.7 Å². The molecule has 2 rings (SSSR count). The van der Waals surface area contributed by atoms with E-state index in [2.05, 4.69) is 19.2 Å². The minimum absolute atomic E-state index is 0.248. The van der Waals surface area contributed by atoms with Crippen molar-refractivity contribution < 1.29 is 13.9 Å². The lowest BCUT2D eigenvalue weighted by Crippen LogP contribution is -2.30. The van der Waals surface area contributed by atoms with Crippen LogP contribution in [0.2, 0.25) is 0 Å². The maximum atomic E-state index is 12.8. The predicted molar refractivity (Wildman–Crippen MR) is 85.7 cm³/mol. The second kappa shape index (κ2) is 7.07. The summed E-state index contributed by atoms with van der Waals surface area (Å²) in [5.74, 6) is 0.320. The van der Waals surface area contributed by atoms with Gasteiger partial charge in [-0.2, -0.15) is 0 Å². The minimum atomic E-state index is -0.671. The first-order valence-corrected chi connectivity index (χ1v) is 7.29. The molecule has 0 heterocycles. The first-order chi connectivity index (χ1) is 10.5. The minimum Gasteiger partial charge on any atom is -0.481 e. The molecule has 22 heavy (non-hydrogen) atoms. The van der Waals surface area contributed by atoms with Crippen molar-refractivity contribution in [3.63, 3.8) is 0 Å². The third-order valence-electron chi connectivity index (χ3n) is 3.34. The van der Waals surface area contributed by atoms with Crippen molar-refractivity contribution in [3.05, 3.63) is 59.9 Å². The summed E-state index contributed by atoms with van der Waals surface area (Å²) in [4.78, 5) is 12.1. The Balaban J connectivity index is 1.94. The van der Waals surface area contributed by atoms with Gasteiger partial charge in [-0.3, -0.25) is 4.79 Å². The Morgan fingerprint density at radius 1 is 1.00 bits per heavy atom. The molecule has 0 radical (unpaired) electrons. The van der Waals surface area contributed by atoms with Crippen LogP contribution in [-0.2, 0) is 4.79 Å². The molecule has 3 nitrogen and oxygen atoms in total. The highest BCUT2D eigenvalue weighted by molar-refractivity contribution is 5.94. The largest absolute Gasteiger partial charge is 0.481 e. The number of carbonyl (C=O) groups excluding carboxylic acids is 1. The molecular formula is C18H20FNO2. The Morgan fingerprint density at radius 2 is 1.59 bits per heavy atom. The molecule has 0 fully saturated rings. The number of ether oxygens (including phenoxy) is 1. The van der Waals surface area contributed by atoms with Gasteiger partial charge in [-0.25, -0.2) is 4.39 Å². The van der Waals surface area contributed by atoms with E-state index >= 15 is 0 Å². The summed E-state index contributed by atoms with van der Waals surface area (Å²) in [6.07, 6.45) is -0.671. The molecule has 0 saturated heterocycles. The fraction of sp³-hybridized carbons (Fsp3) is 0.278. The molecular weight excluding hydrogens is 281 g/mol. The van der Waals surface area contributed by atoms with E-state index in [-0.39, 0.29) is 11.7 Å². The number of amides is 1. The highest BCUT2D eigenvalue weighted by Gasteiger charge is 2.15. The fourth-order valence-corrected chi connectivity index (χ4v) is 1.97. The van der Waals surface area contributed by atoms with E-state index in [1.54, 1.807) is 6.92 Å². The monoisotopic (exact) mass is 301 g/mol. The van der Waals surface area contributed by atoms with Gasteiger partial charge in [0, 0.05) is 5.69 Å². The van der Waals surface area contributed by atoms with Crippen LogP contribution < -0.4 is 10.1 Å². The Hall–Kier alpha value is -2.36. The van der Waals surface area contributed by atoms with Crippen molar-refractivity contribution in [2.24, 2.45) is 0 Å². The van der Waals surface area contributed by atoms with Crippen LogP contribution in [0.15, 0.2) is 48.5 Å². The topological polar surface area (TPSA) is 38.3 Å². The molecule has 0 saturated carbocycles. The van der Waals surface area contributed by atoms with Crippen molar-refractivity contribution in [1.82, 2.24) is 0 Å². The van der Waals surface area contributed by atoms with Crippen LogP contribution in [0, 0.1) is 5.82 Å². The van der Waals surface area contributed by atoms with Gasteiger partial charge in [0.25, 0.3) is 5.91 Å². The smallest absolute Gasteiger partial charge is 0.265 e. The third-order valence-corrected chi connectivity index (χ3v) is 3.34. The second-order valence-corrected chi connectivity index (χ2v) is 5.48. The summed E-state index contributed by atoms with van der Waals surface area (Å²) in [7, 11) is 0. The van der Waals surface area contributed by atoms with Gasteiger partial charge in [0.15, 0.2) is 6.10 Å². The van der Waals surface area contributed by atoms with Gasteiger partial charge >= 0.3 is 0 Å². The van der Waals surface area contributed by atoms with Gasteiger partial charge in [-0.15, -0.1) is 0 Å². The number of halogens is 1. The van der Waals surface area contributed by atoms with Gasteiger partial charge in [-0.05, 0) is 54.8 Å². The summed E-state index contributed by atoms with van der Waals surface area (Å²) in [6, 6.07) is 13.3. The fourth-order valence-electron chi connectivity index (χ4n) is 1.97. The highest BCUT2D eigenvalue weighted by Crippen LogP contribution is 2.18. The average molecular weight is 301 g/mol. The molecule has 0 aliphatic heterocycles. The van der Waals surface area contributed by atoms with Crippen molar-refractivity contribution in [2.45, 2.75) is 32.8 Å². The summed E-state index contributed by atoms with van der Waals surface area (Å²) >= 11 is 0. The van der Waals surface area contributed by atoms with E-state index in [0.717, 1.165) is 5.69 Å². The van der Waals surface area contributed by atoms with E-state index in [9.17, 15) is 9.18 Å². The van der Waals surface area contributed by atoms with E-state index < -0.39 is 6.10 Å². The first kappa shape index (κ1) is 16.0. The quantitative estimate of drug-likeness (QED) is 0.891. The Kier molecular flexibility index (Phi) is 5.15. The second-order valence-electron chi connectivity index (χ2n) is 5.48. The molecule has 0 bridgehead atoms. The van der Waals surface area contributed by atoms with E-state index in [4.69, 9.17) is 4.74 Å². The average Bonchev–Trinajstić information content (AvgIpc) is 2.50. The van der Waals surface area contributed by atoms with Crippen LogP contribution in [0.3, 0.4) is 0 Å². The zero-order valence-electron chi connectivity index (χ0n) is 13.0. The van der Waals surface area contributed by atoms with Gasteiger partial charge in [0.1, 0.15) is 11.6 Å². The SMILES string of the molecule is CC(Oc1ccc(F)cc1)C(=O)Nc1ccc(C(C)C)cc1. The summed E-state index contributed by atoms with van der Waals surface area (Å²) in [5, 5.41) is 2.80. The Labute approximate surface area is 130 Å². The molecule has 1 unspecified atom stereocenters. The lowest BCUT2D eigenvalue weighted by atomic mass is 10.0. The molecule has 0 spiro atoms. The highest BCUT2D eigenvalue weighted by atomic mass is 19.1. The number of anilines is 1. The molecule has 1 N–H and O–H groups in total. The van der Waals surface area contributed by atoms with Gasteiger partial charge in [0.2, 0.25) is 0 Å². The molecule has 1 atom stereocenters. The van der Waals surface area contributed by atoms with Crippen LogP contribution in [0.25, 0.3) is 0 Å². The van der Waals surface area contributed by atoms with Crippen LogP contribution in [0.5, 0.6) is 5.75 Å². The Bertz CT molecular complexity index is 621. The van der Waals surface area contributed by atoms with Crippen LogP contribution in [0.4, 0.5) is 10.1 Å². The van der Waals surface area contributed by atoms with Crippen molar-refractivity contribution in [3.8, 4) is 5.75 Å². The molecule has 0 aromatic heterocycles. The van der Waals surface area contributed by atoms with Gasteiger partial charge in [0.05, 0.1) is 0 Å². The van der Waals surface area contributed by atoms with Crippen LogP contribution in [-0.4, -0.2) is 12.0 Å². The molecule has 2 aromatic rings. The van der Waals surface area contributed by atoms with Crippen LogP contribution >= 0.6 is 0 Å². The summed E-state index contributed by atoms with van der Waals surface area (Å²) in [6.45, 7) is 5.89. The lowest BCUT2D eigenvalue weighted by molar-refractivity contribution is -0.122. The van der Waals surface area contributed by atoms with Crippen molar-refractivity contribution >= 4 is 11.6 Å². The molecule has 4 heteroatoms. The summed E-state index contributed by atoms with van der Waals surface area (Å²) < 4.78 is 18.3. The molecule has 0 aliphatic carbocycles. The van der Waals surface area contributed by atoms with Crippen molar-refractivity contribution in [1.29, 1.82) is 0 Å². The standard InChI is InChI=1S/C18H20FNO2/c1-12(2)14-4-8-16(9-5-14)20-18(21)13(3)22-17-10-6-15(19)7-11-17/h4-13H,1-3H3,(H,20,21). The van der Waals surface area contributed by atoms with Gasteiger partial charge in [-0.1, -0.05) is 26.0 Å². The molecule has 0 aliphatic rings. The van der Waals surface area contributed by atoms with Gasteiger partial charge < -0.3 is 10.1 Å². The molecule has 2 aromatic carbocycles.